The van der Waals surface area contributed by atoms with E-state index in [0.29, 0.717) is 29.0 Å². The highest BCUT2D eigenvalue weighted by Crippen LogP contribution is 2.34. The van der Waals surface area contributed by atoms with Gasteiger partial charge in [0.25, 0.3) is 0 Å². The first kappa shape index (κ1) is 18.9. The Bertz CT molecular complexity index is 175. The molecule has 0 aromatic carbocycles. The van der Waals surface area contributed by atoms with Gasteiger partial charge in [-0.1, -0.05) is 95.6 Å². The van der Waals surface area contributed by atoms with Crippen molar-refractivity contribution in [2.24, 2.45) is 0 Å². The van der Waals surface area contributed by atoms with E-state index in [-0.39, 0.29) is 0 Å². The summed E-state index contributed by atoms with van der Waals surface area (Å²) in [6.45, 7) is 0. The van der Waals surface area contributed by atoms with Crippen LogP contribution in [0.1, 0.15) is 38.5 Å². The van der Waals surface area contributed by atoms with Crippen LogP contribution in [0.2, 0.25) is 0 Å². The predicted octanol–water partition coefficient (Wildman–Crippen LogP) is 6.92. The van der Waals surface area contributed by atoms with Gasteiger partial charge in [0.15, 0.2) is 0 Å². The molecule has 0 N–H and O–H groups in total. The fourth-order valence-electron chi connectivity index (χ4n) is 2.04. The van der Waals surface area contributed by atoms with E-state index in [1.165, 1.54) is 38.5 Å². The van der Waals surface area contributed by atoms with Crippen molar-refractivity contribution in [3.8, 4) is 0 Å². The molecule has 0 aliphatic heterocycles. The molecule has 108 valence electrons. The molecule has 1 rings (SSSR count). The molecule has 1 saturated carbocycles. The summed E-state index contributed by atoms with van der Waals surface area (Å²) in [5.74, 6) is 0. The van der Waals surface area contributed by atoms with E-state index >= 15 is 0 Å². The van der Waals surface area contributed by atoms with Gasteiger partial charge in [0.05, 0.1) is 0 Å². The Kier molecular flexibility index (Phi) is 10.3. The molecular formula is C12H18Br6. The van der Waals surface area contributed by atoms with Gasteiger partial charge in [0.2, 0.25) is 0 Å². The van der Waals surface area contributed by atoms with Crippen molar-refractivity contribution in [1.82, 2.24) is 0 Å². The second kappa shape index (κ2) is 9.81. The van der Waals surface area contributed by atoms with Gasteiger partial charge in [0, 0.05) is 29.0 Å². The van der Waals surface area contributed by atoms with Crippen molar-refractivity contribution in [3.63, 3.8) is 0 Å². The smallest absolute Gasteiger partial charge is 0.0271 e. The van der Waals surface area contributed by atoms with Gasteiger partial charge >= 0.3 is 0 Å². The summed E-state index contributed by atoms with van der Waals surface area (Å²) in [5.41, 5.74) is 0. The third kappa shape index (κ3) is 6.76. The van der Waals surface area contributed by atoms with Crippen molar-refractivity contribution in [3.05, 3.63) is 0 Å². The maximum Gasteiger partial charge on any atom is 0.0271 e. The third-order valence-corrected chi connectivity index (χ3v) is 12.0. The summed E-state index contributed by atoms with van der Waals surface area (Å²) >= 11 is 22.9. The molecule has 0 amide bonds. The van der Waals surface area contributed by atoms with Crippen LogP contribution in [-0.4, -0.2) is 29.0 Å². The summed E-state index contributed by atoms with van der Waals surface area (Å²) in [7, 11) is 0. The fourth-order valence-corrected chi connectivity index (χ4v) is 5.21. The zero-order valence-corrected chi connectivity index (χ0v) is 19.5. The molecule has 0 saturated heterocycles. The van der Waals surface area contributed by atoms with Gasteiger partial charge in [0.1, 0.15) is 0 Å². The van der Waals surface area contributed by atoms with Gasteiger partial charge in [-0.25, -0.2) is 0 Å². The van der Waals surface area contributed by atoms with E-state index in [9.17, 15) is 0 Å². The highest BCUT2D eigenvalue weighted by Gasteiger charge is 2.25. The Balaban J connectivity index is 2.61. The third-order valence-electron chi connectivity index (χ3n) is 3.33. The molecule has 6 heteroatoms. The molecule has 18 heavy (non-hydrogen) atoms. The lowest BCUT2D eigenvalue weighted by Crippen LogP contribution is -2.25. The largest absolute Gasteiger partial charge is 0.0879 e. The Hall–Kier alpha value is 2.88. The zero-order chi connectivity index (χ0) is 13.7. The van der Waals surface area contributed by atoms with Gasteiger partial charge < -0.3 is 0 Å². The molecular weight excluding hydrogens is 624 g/mol. The number of alkyl halides is 6. The molecule has 0 bridgehead atoms. The number of halogens is 6. The Labute approximate surface area is 161 Å². The van der Waals surface area contributed by atoms with E-state index in [1.54, 1.807) is 0 Å². The lowest BCUT2D eigenvalue weighted by Gasteiger charge is -2.25. The Morgan fingerprint density at radius 2 is 0.444 bits per heavy atom. The monoisotopic (exact) mass is 636 g/mol. The molecule has 6 atom stereocenters. The minimum absolute atomic E-state index is 0.560. The maximum absolute atomic E-state index is 3.82. The van der Waals surface area contributed by atoms with Crippen LogP contribution in [0, 0.1) is 0 Å². The van der Waals surface area contributed by atoms with Crippen molar-refractivity contribution < 1.29 is 0 Å². The lowest BCUT2D eigenvalue weighted by atomic mass is 10.0. The molecule has 1 fully saturated rings. The molecule has 0 nitrogen and oxygen atoms in total. The Morgan fingerprint density at radius 1 is 0.333 bits per heavy atom. The fraction of sp³-hybridized carbons (Fsp3) is 1.00. The summed E-state index contributed by atoms with van der Waals surface area (Å²) < 4.78 is 0. The second-order valence-corrected chi connectivity index (χ2v) is 11.9. The average Bonchev–Trinajstić information content (AvgIpc) is 2.36. The first-order valence-corrected chi connectivity index (χ1v) is 11.8. The quantitative estimate of drug-likeness (QED) is 0.252. The highest BCUT2D eigenvalue weighted by atomic mass is 79.9. The highest BCUT2D eigenvalue weighted by molar-refractivity contribution is 9.13. The van der Waals surface area contributed by atoms with E-state index in [1.807, 2.05) is 0 Å². The molecule has 0 aromatic rings. The van der Waals surface area contributed by atoms with Crippen LogP contribution in [0.25, 0.3) is 0 Å². The molecule has 1 aliphatic rings. The number of rotatable bonds is 0. The molecule has 0 heterocycles. The molecule has 0 spiro atoms. The lowest BCUT2D eigenvalue weighted by molar-refractivity contribution is 0.557. The van der Waals surface area contributed by atoms with Gasteiger partial charge in [-0.2, -0.15) is 0 Å². The van der Waals surface area contributed by atoms with Crippen LogP contribution in [0.4, 0.5) is 0 Å². The van der Waals surface area contributed by atoms with Crippen LogP contribution in [0.15, 0.2) is 0 Å². The van der Waals surface area contributed by atoms with Gasteiger partial charge in [-0.3, -0.25) is 0 Å². The molecule has 0 aromatic heterocycles. The minimum Gasteiger partial charge on any atom is -0.0879 e. The normalized spacial score (nSPS) is 45.0. The molecule has 1 unspecified atom stereocenters. The first-order valence-electron chi connectivity index (χ1n) is 6.26. The van der Waals surface area contributed by atoms with E-state index in [2.05, 4.69) is 95.6 Å². The first-order chi connectivity index (χ1) is 8.41. The van der Waals surface area contributed by atoms with Crippen molar-refractivity contribution in [2.75, 3.05) is 0 Å². The summed E-state index contributed by atoms with van der Waals surface area (Å²) in [4.78, 5) is 3.36. The van der Waals surface area contributed by atoms with Gasteiger partial charge in [-0.05, 0) is 38.5 Å². The SMILES string of the molecule is BrC1CC[C@@H](Br)[C@@H](Br)CC[C@@H](Br)[C@H](Br)CC[C@@H]1Br. The van der Waals surface area contributed by atoms with Crippen LogP contribution >= 0.6 is 95.6 Å². The predicted molar refractivity (Wildman–Crippen MR) is 104 cm³/mol. The van der Waals surface area contributed by atoms with E-state index < -0.39 is 0 Å². The zero-order valence-electron chi connectivity index (χ0n) is 9.97. The number of hydrogen-bond donors (Lipinski definition) is 0. The molecule has 0 radical (unpaired) electrons. The van der Waals surface area contributed by atoms with Crippen LogP contribution in [0.5, 0.6) is 0 Å². The minimum atomic E-state index is 0.560. The van der Waals surface area contributed by atoms with E-state index in [0.717, 1.165) is 0 Å². The topological polar surface area (TPSA) is 0 Å². The summed E-state index contributed by atoms with van der Waals surface area (Å²) in [6.07, 6.45) is 7.24. The van der Waals surface area contributed by atoms with Crippen LogP contribution in [0.3, 0.4) is 0 Å². The van der Waals surface area contributed by atoms with Crippen molar-refractivity contribution in [1.29, 1.82) is 0 Å². The molecule has 1 aliphatic carbocycles. The average molecular weight is 642 g/mol. The van der Waals surface area contributed by atoms with Gasteiger partial charge in [-0.15, -0.1) is 0 Å². The second-order valence-electron chi connectivity index (χ2n) is 4.83. The van der Waals surface area contributed by atoms with Crippen LogP contribution in [-0.2, 0) is 0 Å². The van der Waals surface area contributed by atoms with Crippen molar-refractivity contribution >= 4 is 95.6 Å². The van der Waals surface area contributed by atoms with E-state index in [4.69, 9.17) is 0 Å². The standard InChI is InChI=1S/C12H18Br6/c13-7-1-2-8(14)10(16)5-6-12(18)11(17)4-3-9(7)15/h7-12H,1-6H2/t7-,8+,9-,10-,11+,12?/m1/s1. The summed E-state index contributed by atoms with van der Waals surface area (Å²) in [6, 6.07) is 0. The number of hydrogen-bond acceptors (Lipinski definition) is 0. The Morgan fingerprint density at radius 3 is 0.556 bits per heavy atom. The maximum atomic E-state index is 3.82. The van der Waals surface area contributed by atoms with Crippen LogP contribution < -0.4 is 0 Å². The summed E-state index contributed by atoms with van der Waals surface area (Å²) in [5, 5.41) is 0. The van der Waals surface area contributed by atoms with Crippen molar-refractivity contribution in [2.45, 2.75) is 67.5 Å².